The van der Waals surface area contributed by atoms with E-state index in [9.17, 15) is 9.59 Å². The average molecular weight is 453 g/mol. The lowest BCUT2D eigenvalue weighted by Crippen LogP contribution is -2.57. The molecule has 3 fully saturated rings. The molecular weight excluding hydrogens is 424 g/mol. The van der Waals surface area contributed by atoms with Crippen molar-refractivity contribution < 1.29 is 23.8 Å². The Morgan fingerprint density at radius 2 is 1.91 bits per heavy atom. The molecule has 1 saturated carbocycles. The number of fused-ring (bicyclic) bond motifs is 1. The summed E-state index contributed by atoms with van der Waals surface area (Å²) >= 11 is 0. The molecule has 2 aromatic rings. The molecule has 1 aliphatic carbocycles. The van der Waals surface area contributed by atoms with Crippen molar-refractivity contribution in [2.45, 2.75) is 44.9 Å². The van der Waals surface area contributed by atoms with Crippen LogP contribution in [0.2, 0.25) is 0 Å². The lowest BCUT2D eigenvalue weighted by atomic mass is 9.65. The van der Waals surface area contributed by atoms with Crippen LogP contribution in [0.1, 0.15) is 32.7 Å². The van der Waals surface area contributed by atoms with Gasteiger partial charge in [0.05, 0.1) is 56.1 Å². The Morgan fingerprint density at radius 1 is 1.12 bits per heavy atom. The molecule has 9 nitrogen and oxygen atoms in total. The number of hydrogen-bond donors (Lipinski definition) is 0. The summed E-state index contributed by atoms with van der Waals surface area (Å²) in [6.07, 6.45) is 5.12. The molecule has 1 aromatic carbocycles. The summed E-state index contributed by atoms with van der Waals surface area (Å²) in [5.41, 5.74) is 3.52. The third-order valence-electron chi connectivity index (χ3n) is 7.31. The summed E-state index contributed by atoms with van der Waals surface area (Å²) in [4.78, 5) is 29.1. The number of nitrogens with zero attached hydrogens (tertiary/aromatic N) is 4. The molecule has 0 radical (unpaired) electrons. The third-order valence-corrected chi connectivity index (χ3v) is 7.31. The van der Waals surface area contributed by atoms with E-state index < -0.39 is 0 Å². The van der Waals surface area contributed by atoms with E-state index in [1.54, 1.807) is 16.7 Å². The van der Waals surface area contributed by atoms with Crippen LogP contribution in [0.4, 0.5) is 16.2 Å². The maximum atomic E-state index is 13.2. The maximum absolute atomic E-state index is 13.2. The number of carbonyl (C=O) groups excluding carboxylic acids is 2. The van der Waals surface area contributed by atoms with E-state index in [0.29, 0.717) is 25.4 Å². The maximum Gasteiger partial charge on any atom is 0.414 e. The first-order valence-electron chi connectivity index (χ1n) is 11.5. The number of anilines is 2. The zero-order chi connectivity index (χ0) is 22.7. The van der Waals surface area contributed by atoms with Gasteiger partial charge < -0.3 is 19.1 Å². The molecule has 174 valence electrons. The van der Waals surface area contributed by atoms with E-state index in [-0.39, 0.29) is 35.6 Å². The molecule has 0 N–H and O–H groups in total. The summed E-state index contributed by atoms with van der Waals surface area (Å²) in [5.74, 6) is -0.0479. The van der Waals surface area contributed by atoms with Gasteiger partial charge in [0, 0.05) is 30.6 Å². The number of carbonyl (C=O) groups is 2. The van der Waals surface area contributed by atoms with Crippen LogP contribution >= 0.6 is 0 Å². The van der Waals surface area contributed by atoms with Crippen LogP contribution in [-0.4, -0.2) is 66.9 Å². The fourth-order valence-corrected chi connectivity index (χ4v) is 5.34. The van der Waals surface area contributed by atoms with E-state index >= 15 is 0 Å². The molecule has 1 aromatic heterocycles. The van der Waals surface area contributed by atoms with Gasteiger partial charge in [0.25, 0.3) is 0 Å². The van der Waals surface area contributed by atoms with Crippen molar-refractivity contribution in [1.82, 2.24) is 9.78 Å². The van der Waals surface area contributed by atoms with Gasteiger partial charge in [0.15, 0.2) is 0 Å². The second-order valence-electron chi connectivity index (χ2n) is 9.86. The highest BCUT2D eigenvalue weighted by atomic mass is 16.6. The van der Waals surface area contributed by atoms with Crippen molar-refractivity contribution in [3.05, 3.63) is 30.6 Å². The highest BCUT2D eigenvalue weighted by molar-refractivity contribution is 6.03. The van der Waals surface area contributed by atoms with Gasteiger partial charge in [-0.05, 0) is 37.5 Å². The van der Waals surface area contributed by atoms with Crippen molar-refractivity contribution >= 4 is 23.4 Å². The standard InChI is InChI=1S/C24H28N4O5/c1-15-9-26(23(30)33-20-6-24(7-20)13-32-14-24)22-5-17(3-4-21(22)28(15)16(2)29)18-8-25-27(10-18)19-11-31-12-19/h3-5,8,10,15,19-20H,6-7,9,11-14H2,1-2H3. The van der Waals surface area contributed by atoms with Crippen molar-refractivity contribution in [2.24, 2.45) is 5.41 Å². The molecule has 0 bridgehead atoms. The van der Waals surface area contributed by atoms with Crippen LogP contribution in [0, 0.1) is 5.41 Å². The van der Waals surface area contributed by atoms with Crippen LogP contribution in [0.15, 0.2) is 30.6 Å². The average Bonchev–Trinajstić information content (AvgIpc) is 3.15. The Labute approximate surface area is 192 Å². The van der Waals surface area contributed by atoms with Crippen LogP contribution in [-0.2, 0) is 19.0 Å². The Hall–Kier alpha value is -2.91. The minimum absolute atomic E-state index is 0.0479. The lowest BCUT2D eigenvalue weighted by molar-refractivity contribution is -0.196. The SMILES string of the molecule is CC(=O)N1c2ccc(-c3cnn(C4COC4)c3)cc2N(C(=O)OC2CC3(COC3)C2)CC1C. The largest absolute Gasteiger partial charge is 0.446 e. The second-order valence-corrected chi connectivity index (χ2v) is 9.86. The molecule has 4 heterocycles. The van der Waals surface area contributed by atoms with Crippen molar-refractivity contribution in [3.63, 3.8) is 0 Å². The van der Waals surface area contributed by atoms with E-state index in [1.165, 1.54) is 0 Å². The molecule has 1 atom stereocenters. The summed E-state index contributed by atoms with van der Waals surface area (Å²) in [6.45, 7) is 6.77. The number of amides is 2. The molecule has 6 rings (SSSR count). The van der Waals surface area contributed by atoms with Crippen LogP contribution < -0.4 is 9.80 Å². The van der Waals surface area contributed by atoms with Gasteiger partial charge in [-0.1, -0.05) is 6.07 Å². The molecule has 9 heteroatoms. The first-order valence-corrected chi connectivity index (χ1v) is 11.5. The monoisotopic (exact) mass is 452 g/mol. The molecule has 33 heavy (non-hydrogen) atoms. The zero-order valence-corrected chi connectivity index (χ0v) is 18.9. The predicted octanol–water partition coefficient (Wildman–Crippen LogP) is 3.00. The molecule has 2 saturated heterocycles. The molecule has 1 spiro atoms. The fourth-order valence-electron chi connectivity index (χ4n) is 5.34. The summed E-state index contributed by atoms with van der Waals surface area (Å²) in [7, 11) is 0. The number of ether oxygens (including phenoxy) is 3. The summed E-state index contributed by atoms with van der Waals surface area (Å²) in [5, 5.41) is 4.48. The van der Waals surface area contributed by atoms with Gasteiger partial charge in [-0.3, -0.25) is 14.4 Å². The minimum Gasteiger partial charge on any atom is -0.446 e. The first kappa shape index (κ1) is 20.7. The van der Waals surface area contributed by atoms with E-state index in [1.807, 2.05) is 42.2 Å². The molecule has 3 aliphatic heterocycles. The second kappa shape index (κ2) is 7.56. The molecule has 4 aliphatic rings. The predicted molar refractivity (Wildman–Crippen MR) is 120 cm³/mol. The van der Waals surface area contributed by atoms with Crippen molar-refractivity contribution in [2.75, 3.05) is 42.8 Å². The number of benzene rings is 1. The van der Waals surface area contributed by atoms with Crippen LogP contribution in [0.3, 0.4) is 0 Å². The fraction of sp³-hybridized carbons (Fsp3) is 0.542. The Bertz CT molecular complexity index is 1100. The van der Waals surface area contributed by atoms with E-state index in [4.69, 9.17) is 14.2 Å². The Balaban J connectivity index is 1.29. The van der Waals surface area contributed by atoms with Gasteiger partial charge in [-0.2, -0.15) is 5.10 Å². The Kier molecular flexibility index (Phi) is 4.74. The first-order chi connectivity index (χ1) is 15.9. The van der Waals surface area contributed by atoms with Crippen molar-refractivity contribution in [1.29, 1.82) is 0 Å². The smallest absolute Gasteiger partial charge is 0.414 e. The van der Waals surface area contributed by atoms with Crippen LogP contribution in [0.25, 0.3) is 11.1 Å². The molecule has 2 amide bonds. The van der Waals surface area contributed by atoms with Gasteiger partial charge in [0.1, 0.15) is 6.10 Å². The Morgan fingerprint density at radius 3 is 2.55 bits per heavy atom. The van der Waals surface area contributed by atoms with Gasteiger partial charge in [0.2, 0.25) is 5.91 Å². The van der Waals surface area contributed by atoms with Gasteiger partial charge in [-0.25, -0.2) is 4.79 Å². The normalized spacial score (nSPS) is 24.0. The topological polar surface area (TPSA) is 86.1 Å². The highest BCUT2D eigenvalue weighted by Crippen LogP contribution is 2.48. The molecule has 1 unspecified atom stereocenters. The van der Waals surface area contributed by atoms with Crippen molar-refractivity contribution in [3.8, 4) is 11.1 Å². The number of hydrogen-bond acceptors (Lipinski definition) is 6. The number of rotatable bonds is 3. The summed E-state index contributed by atoms with van der Waals surface area (Å²) in [6, 6.07) is 5.96. The number of aromatic nitrogens is 2. The minimum atomic E-state index is -0.356. The van der Waals surface area contributed by atoms with Gasteiger partial charge >= 0.3 is 6.09 Å². The quantitative estimate of drug-likeness (QED) is 0.712. The third kappa shape index (κ3) is 3.41. The summed E-state index contributed by atoms with van der Waals surface area (Å²) < 4.78 is 18.4. The van der Waals surface area contributed by atoms with Crippen LogP contribution in [0.5, 0.6) is 0 Å². The lowest BCUT2D eigenvalue weighted by Gasteiger charge is -2.52. The molecular formula is C24H28N4O5. The van der Waals surface area contributed by atoms with E-state index in [2.05, 4.69) is 5.10 Å². The zero-order valence-electron chi connectivity index (χ0n) is 18.9. The van der Waals surface area contributed by atoms with E-state index in [0.717, 1.165) is 42.9 Å². The van der Waals surface area contributed by atoms with Gasteiger partial charge in [-0.15, -0.1) is 0 Å². The highest BCUT2D eigenvalue weighted by Gasteiger charge is 2.52.